The van der Waals surface area contributed by atoms with Crippen molar-refractivity contribution in [3.63, 3.8) is 0 Å². The van der Waals surface area contributed by atoms with Gasteiger partial charge in [0.15, 0.2) is 16.5 Å². The summed E-state index contributed by atoms with van der Waals surface area (Å²) >= 11 is 0. The Morgan fingerprint density at radius 3 is 1.20 bits per heavy atom. The Kier molecular flexibility index (Phi) is 6.98. The van der Waals surface area contributed by atoms with Gasteiger partial charge in [-0.05, 0) is 89.2 Å². The van der Waals surface area contributed by atoms with Gasteiger partial charge in [0, 0.05) is 11.4 Å². The highest BCUT2D eigenvalue weighted by atomic mass is 28.3. The van der Waals surface area contributed by atoms with E-state index in [9.17, 15) is 0 Å². The summed E-state index contributed by atoms with van der Waals surface area (Å²) in [5, 5.41) is 10.5. The highest BCUT2D eigenvalue weighted by molar-refractivity contribution is 6.80. The maximum atomic E-state index is 5.26. The van der Waals surface area contributed by atoms with E-state index in [-0.39, 0.29) is 0 Å². The average molecular weight is 437 g/mol. The van der Waals surface area contributed by atoms with Crippen LogP contribution in [0.1, 0.15) is 25.7 Å². The Labute approximate surface area is 184 Å². The van der Waals surface area contributed by atoms with Crippen molar-refractivity contribution >= 4 is 39.3 Å². The van der Waals surface area contributed by atoms with Gasteiger partial charge in [-0.3, -0.25) is 9.35 Å². The van der Waals surface area contributed by atoms with Crippen LogP contribution < -0.4 is 9.35 Å². The number of hydrogen-bond donors (Lipinski definition) is 0. The average Bonchev–Trinajstić information content (AvgIpc) is 2.70. The minimum atomic E-state index is -1.70. The summed E-state index contributed by atoms with van der Waals surface area (Å²) in [5.74, 6) is 0. The molecule has 0 aromatic heterocycles. The van der Waals surface area contributed by atoms with Crippen molar-refractivity contribution in [3.05, 3.63) is 60.7 Å². The van der Waals surface area contributed by atoms with Crippen molar-refractivity contribution in [3.8, 4) is 0 Å². The molecule has 2 aromatic carbocycles. The normalized spacial score (nSPS) is 17.9. The van der Waals surface area contributed by atoms with Crippen molar-refractivity contribution in [1.82, 2.24) is 0 Å². The lowest BCUT2D eigenvalue weighted by Gasteiger charge is -2.35. The standard InChI is InChI=1S/C24H36N4Si2/c1-29(2,3)27(21-15-9-7-10-16-21)25-23-19-13-14-20-24(23)26-28(30(4,5)6)22-17-11-8-12-18-22/h7-12,15-18H,13-14,19-20H2,1-6H3/b25-23-,26-24+. The minimum Gasteiger partial charge on any atom is -0.295 e. The lowest BCUT2D eigenvalue weighted by Crippen LogP contribution is -2.45. The summed E-state index contributed by atoms with van der Waals surface area (Å²) in [6.07, 6.45) is 4.37. The van der Waals surface area contributed by atoms with E-state index in [2.05, 4.69) is 109 Å². The summed E-state index contributed by atoms with van der Waals surface area (Å²) in [6, 6.07) is 21.2. The number of rotatable bonds is 6. The predicted octanol–water partition coefficient (Wildman–Crippen LogP) is 6.96. The summed E-state index contributed by atoms with van der Waals surface area (Å²) in [6.45, 7) is 14.1. The summed E-state index contributed by atoms with van der Waals surface area (Å²) < 4.78 is 4.59. The van der Waals surface area contributed by atoms with Crippen LogP contribution in [0, 0.1) is 0 Å². The van der Waals surface area contributed by atoms with E-state index in [1.165, 1.54) is 24.2 Å². The van der Waals surface area contributed by atoms with Crippen LogP contribution in [0.3, 0.4) is 0 Å². The molecule has 1 saturated carbocycles. The second-order valence-electron chi connectivity index (χ2n) is 9.94. The van der Waals surface area contributed by atoms with Crippen molar-refractivity contribution in [1.29, 1.82) is 0 Å². The topological polar surface area (TPSA) is 31.2 Å². The van der Waals surface area contributed by atoms with Crippen molar-refractivity contribution in [2.45, 2.75) is 65.0 Å². The maximum Gasteiger partial charge on any atom is 0.176 e. The lowest BCUT2D eigenvalue weighted by molar-refractivity contribution is 0.771. The quantitative estimate of drug-likeness (QED) is 0.362. The Morgan fingerprint density at radius 1 is 0.567 bits per heavy atom. The fourth-order valence-electron chi connectivity index (χ4n) is 3.66. The van der Waals surface area contributed by atoms with Crippen LogP contribution in [0.4, 0.5) is 11.4 Å². The number of para-hydroxylation sites is 2. The van der Waals surface area contributed by atoms with Crippen LogP contribution in [-0.2, 0) is 0 Å². The Balaban J connectivity index is 2.04. The van der Waals surface area contributed by atoms with Gasteiger partial charge in [-0.1, -0.05) is 36.4 Å². The Hall–Kier alpha value is -2.19. The minimum absolute atomic E-state index is 1.00. The van der Waals surface area contributed by atoms with Gasteiger partial charge in [0.25, 0.3) is 0 Å². The molecule has 30 heavy (non-hydrogen) atoms. The molecule has 0 heterocycles. The van der Waals surface area contributed by atoms with E-state index in [1.807, 2.05) is 0 Å². The maximum absolute atomic E-state index is 5.26. The molecule has 6 heteroatoms. The van der Waals surface area contributed by atoms with Crippen LogP contribution in [0.15, 0.2) is 70.9 Å². The number of hydrazone groups is 2. The molecule has 0 saturated heterocycles. The zero-order valence-electron chi connectivity index (χ0n) is 19.4. The molecule has 1 fully saturated rings. The Bertz CT molecular complexity index is 805. The van der Waals surface area contributed by atoms with E-state index in [0.717, 1.165) is 24.3 Å². The zero-order chi connectivity index (χ0) is 21.8. The third-order valence-electron chi connectivity index (χ3n) is 5.12. The first-order valence-corrected chi connectivity index (χ1v) is 17.9. The van der Waals surface area contributed by atoms with Gasteiger partial charge in [-0.2, -0.15) is 10.2 Å². The molecule has 0 aliphatic heterocycles. The molecule has 4 nitrogen and oxygen atoms in total. The molecule has 1 aliphatic carbocycles. The second-order valence-corrected chi connectivity index (χ2v) is 19.5. The molecular weight excluding hydrogens is 400 g/mol. The van der Waals surface area contributed by atoms with E-state index in [0.29, 0.717) is 0 Å². The van der Waals surface area contributed by atoms with Crippen LogP contribution >= 0.6 is 0 Å². The number of anilines is 2. The fraction of sp³-hybridized carbons (Fsp3) is 0.417. The van der Waals surface area contributed by atoms with Gasteiger partial charge >= 0.3 is 0 Å². The number of hydrogen-bond acceptors (Lipinski definition) is 4. The van der Waals surface area contributed by atoms with Gasteiger partial charge in [-0.15, -0.1) is 0 Å². The number of benzene rings is 2. The number of nitrogens with zero attached hydrogens (tertiary/aromatic N) is 4. The molecule has 0 spiro atoms. The smallest absolute Gasteiger partial charge is 0.176 e. The predicted molar refractivity (Wildman–Crippen MR) is 138 cm³/mol. The van der Waals surface area contributed by atoms with Crippen LogP contribution in [0.25, 0.3) is 0 Å². The first-order chi connectivity index (χ1) is 14.2. The molecule has 0 atom stereocenters. The van der Waals surface area contributed by atoms with Crippen molar-refractivity contribution in [2.24, 2.45) is 10.2 Å². The lowest BCUT2D eigenvalue weighted by atomic mass is 9.96. The fourth-order valence-corrected chi connectivity index (χ4v) is 6.35. The summed E-state index contributed by atoms with van der Waals surface area (Å²) in [7, 11) is -3.39. The second kappa shape index (κ2) is 9.31. The molecule has 0 unspecified atom stereocenters. The molecule has 2 aromatic rings. The molecule has 0 N–H and O–H groups in total. The molecule has 0 radical (unpaired) electrons. The highest BCUT2D eigenvalue weighted by Gasteiger charge is 2.29. The Morgan fingerprint density at radius 2 is 0.900 bits per heavy atom. The van der Waals surface area contributed by atoms with Crippen LogP contribution in [0.5, 0.6) is 0 Å². The van der Waals surface area contributed by atoms with Crippen LogP contribution in [0.2, 0.25) is 39.3 Å². The first-order valence-electron chi connectivity index (χ1n) is 11.0. The van der Waals surface area contributed by atoms with Crippen LogP contribution in [-0.4, -0.2) is 27.9 Å². The van der Waals surface area contributed by atoms with Crippen molar-refractivity contribution < 1.29 is 0 Å². The summed E-state index contributed by atoms with van der Waals surface area (Å²) in [5.41, 5.74) is 4.68. The molecule has 3 rings (SSSR count). The van der Waals surface area contributed by atoms with E-state index < -0.39 is 16.5 Å². The van der Waals surface area contributed by atoms with E-state index in [4.69, 9.17) is 10.2 Å². The largest absolute Gasteiger partial charge is 0.295 e. The third kappa shape index (κ3) is 5.70. The van der Waals surface area contributed by atoms with E-state index >= 15 is 0 Å². The zero-order valence-corrected chi connectivity index (χ0v) is 21.4. The van der Waals surface area contributed by atoms with Gasteiger partial charge < -0.3 is 0 Å². The summed E-state index contributed by atoms with van der Waals surface area (Å²) in [4.78, 5) is 0. The van der Waals surface area contributed by atoms with Crippen molar-refractivity contribution in [2.75, 3.05) is 9.35 Å². The van der Waals surface area contributed by atoms with Gasteiger partial charge in [0.1, 0.15) is 0 Å². The molecular formula is C24H36N4Si2. The molecule has 1 aliphatic rings. The molecule has 160 valence electrons. The van der Waals surface area contributed by atoms with Gasteiger partial charge in [-0.25, -0.2) is 0 Å². The van der Waals surface area contributed by atoms with Gasteiger partial charge in [0.2, 0.25) is 0 Å². The monoisotopic (exact) mass is 436 g/mol. The van der Waals surface area contributed by atoms with Gasteiger partial charge in [0.05, 0.1) is 11.4 Å². The highest BCUT2D eigenvalue weighted by Crippen LogP contribution is 2.26. The third-order valence-corrected chi connectivity index (χ3v) is 8.38. The molecule has 0 bridgehead atoms. The SMILES string of the molecule is C[Si](C)(C)N(/N=C1/CCCC/C1=N\N(c1ccccc1)[Si](C)(C)C)c1ccccc1. The molecule has 0 amide bonds. The van der Waals surface area contributed by atoms with E-state index in [1.54, 1.807) is 0 Å². The first kappa shape index (κ1) is 22.5.